The standard InChI is InChI=1S/C8H13NO4/c10-7(11)1-3-9-5-8(12)2-4-13-6-8/h1,3,9,12H,2,4-6H2,(H,10,11)/b3-1+. The molecule has 74 valence electrons. The molecule has 0 aromatic carbocycles. The van der Waals surface area contributed by atoms with Crippen molar-refractivity contribution in [3.63, 3.8) is 0 Å². The van der Waals surface area contributed by atoms with Crippen LogP contribution in [-0.2, 0) is 9.53 Å². The van der Waals surface area contributed by atoms with Crippen molar-refractivity contribution in [2.24, 2.45) is 0 Å². The van der Waals surface area contributed by atoms with E-state index in [9.17, 15) is 9.90 Å². The number of nitrogens with one attached hydrogen (secondary N) is 1. The summed E-state index contributed by atoms with van der Waals surface area (Å²) < 4.78 is 5.01. The third kappa shape index (κ3) is 3.43. The Hall–Kier alpha value is -1.07. The van der Waals surface area contributed by atoms with Crippen LogP contribution in [0.25, 0.3) is 0 Å². The molecule has 3 N–H and O–H groups in total. The summed E-state index contributed by atoms with van der Waals surface area (Å²) in [5.41, 5.74) is -0.844. The fraction of sp³-hybridized carbons (Fsp3) is 0.625. The molecule has 13 heavy (non-hydrogen) atoms. The SMILES string of the molecule is O=C(O)/C=C/NCC1(O)CCOC1. The summed E-state index contributed by atoms with van der Waals surface area (Å²) >= 11 is 0. The Morgan fingerprint density at radius 1 is 1.69 bits per heavy atom. The molecule has 0 radical (unpaired) electrons. The number of hydrogen-bond donors (Lipinski definition) is 3. The first kappa shape index (κ1) is 10.0. The lowest BCUT2D eigenvalue weighted by molar-refractivity contribution is -0.131. The van der Waals surface area contributed by atoms with Crippen LogP contribution in [0, 0.1) is 0 Å². The van der Waals surface area contributed by atoms with Gasteiger partial charge in [0.05, 0.1) is 6.61 Å². The second-order valence-corrected chi connectivity index (χ2v) is 3.08. The maximum atomic E-state index is 10.1. The lowest BCUT2D eigenvalue weighted by atomic mass is 10.0. The Morgan fingerprint density at radius 2 is 2.46 bits per heavy atom. The van der Waals surface area contributed by atoms with Gasteiger partial charge in [-0.2, -0.15) is 0 Å². The van der Waals surface area contributed by atoms with Crippen LogP contribution in [0.1, 0.15) is 6.42 Å². The molecule has 5 nitrogen and oxygen atoms in total. The van der Waals surface area contributed by atoms with Crippen LogP contribution in [0.3, 0.4) is 0 Å². The van der Waals surface area contributed by atoms with E-state index < -0.39 is 11.6 Å². The van der Waals surface area contributed by atoms with Crippen LogP contribution >= 0.6 is 0 Å². The molecule has 0 amide bonds. The zero-order chi connectivity index (χ0) is 9.73. The van der Waals surface area contributed by atoms with Gasteiger partial charge in [0.25, 0.3) is 0 Å². The molecule has 0 spiro atoms. The molecule has 0 bridgehead atoms. The first-order valence-corrected chi connectivity index (χ1v) is 4.05. The van der Waals surface area contributed by atoms with Crippen molar-refractivity contribution in [3.8, 4) is 0 Å². The van der Waals surface area contributed by atoms with Gasteiger partial charge < -0.3 is 20.3 Å². The predicted octanol–water partition coefficient (Wildman–Crippen LogP) is -0.674. The lowest BCUT2D eigenvalue weighted by Crippen LogP contribution is -2.39. The van der Waals surface area contributed by atoms with Crippen LogP contribution < -0.4 is 5.32 Å². The first-order valence-electron chi connectivity index (χ1n) is 4.05. The quantitative estimate of drug-likeness (QED) is 0.508. The fourth-order valence-electron chi connectivity index (χ4n) is 1.12. The molecule has 5 heteroatoms. The van der Waals surface area contributed by atoms with Crippen molar-refractivity contribution >= 4 is 5.97 Å². The lowest BCUT2D eigenvalue weighted by Gasteiger charge is -2.19. The molecule has 0 aromatic heterocycles. The number of carboxylic acids is 1. The molecular formula is C8H13NO4. The number of carboxylic acid groups (broad SMARTS) is 1. The van der Waals surface area contributed by atoms with E-state index in [1.165, 1.54) is 6.20 Å². The van der Waals surface area contributed by atoms with E-state index >= 15 is 0 Å². The third-order valence-corrected chi connectivity index (χ3v) is 1.86. The highest BCUT2D eigenvalue weighted by Crippen LogP contribution is 2.16. The molecule has 1 rings (SSSR count). The Labute approximate surface area is 76.0 Å². The number of ether oxygens (including phenoxy) is 1. The van der Waals surface area contributed by atoms with E-state index in [0.29, 0.717) is 26.2 Å². The van der Waals surface area contributed by atoms with Crippen molar-refractivity contribution in [2.75, 3.05) is 19.8 Å². The van der Waals surface area contributed by atoms with E-state index in [-0.39, 0.29) is 0 Å². The van der Waals surface area contributed by atoms with Gasteiger partial charge in [0.2, 0.25) is 0 Å². The number of rotatable bonds is 4. The van der Waals surface area contributed by atoms with Crippen molar-refractivity contribution in [3.05, 3.63) is 12.3 Å². The molecule has 1 unspecified atom stereocenters. The van der Waals surface area contributed by atoms with Crippen LogP contribution in [-0.4, -0.2) is 41.5 Å². The summed E-state index contributed by atoms with van der Waals surface area (Å²) in [4.78, 5) is 10.1. The topological polar surface area (TPSA) is 78.8 Å². The fourth-order valence-corrected chi connectivity index (χ4v) is 1.12. The molecule has 1 atom stereocenters. The highest BCUT2D eigenvalue weighted by atomic mass is 16.5. The Bertz CT molecular complexity index is 208. The molecule has 1 fully saturated rings. The van der Waals surface area contributed by atoms with Crippen LogP contribution in [0.4, 0.5) is 0 Å². The normalized spacial score (nSPS) is 28.1. The van der Waals surface area contributed by atoms with Gasteiger partial charge in [-0.05, 0) is 0 Å². The third-order valence-electron chi connectivity index (χ3n) is 1.86. The zero-order valence-corrected chi connectivity index (χ0v) is 7.19. The van der Waals surface area contributed by atoms with Gasteiger partial charge in [-0.25, -0.2) is 4.79 Å². The van der Waals surface area contributed by atoms with Gasteiger partial charge in [-0.3, -0.25) is 0 Å². The molecule has 1 heterocycles. The minimum Gasteiger partial charge on any atom is -0.478 e. The van der Waals surface area contributed by atoms with Gasteiger partial charge >= 0.3 is 5.97 Å². The summed E-state index contributed by atoms with van der Waals surface area (Å²) in [6.07, 6.45) is 2.87. The molecule has 0 aliphatic carbocycles. The van der Waals surface area contributed by atoms with E-state index in [2.05, 4.69) is 5.32 Å². The minimum absolute atomic E-state index is 0.306. The molecule has 1 saturated heterocycles. The molecule has 0 aromatic rings. The van der Waals surface area contributed by atoms with Gasteiger partial charge in [-0.15, -0.1) is 0 Å². The maximum absolute atomic E-state index is 10.1. The number of carbonyl (C=O) groups is 1. The van der Waals surface area contributed by atoms with Crippen LogP contribution in [0.15, 0.2) is 12.3 Å². The Morgan fingerprint density at radius 3 is 3.00 bits per heavy atom. The molecule has 1 aliphatic rings. The number of aliphatic carboxylic acids is 1. The van der Waals surface area contributed by atoms with E-state index in [0.717, 1.165) is 6.08 Å². The molecule has 0 saturated carbocycles. The van der Waals surface area contributed by atoms with Crippen molar-refractivity contribution in [1.29, 1.82) is 0 Å². The monoisotopic (exact) mass is 187 g/mol. The minimum atomic E-state index is -1.01. The van der Waals surface area contributed by atoms with Crippen LogP contribution in [0.2, 0.25) is 0 Å². The summed E-state index contributed by atoms with van der Waals surface area (Å²) in [6.45, 7) is 1.18. The maximum Gasteiger partial charge on any atom is 0.329 e. The van der Waals surface area contributed by atoms with Crippen molar-refractivity contribution < 1.29 is 19.7 Å². The average molecular weight is 187 g/mol. The molecular weight excluding hydrogens is 174 g/mol. The highest BCUT2D eigenvalue weighted by Gasteiger charge is 2.31. The zero-order valence-electron chi connectivity index (χ0n) is 7.19. The summed E-state index contributed by atoms with van der Waals surface area (Å²) in [6, 6.07) is 0. The average Bonchev–Trinajstić information content (AvgIpc) is 2.47. The largest absolute Gasteiger partial charge is 0.478 e. The van der Waals surface area contributed by atoms with E-state index in [1.807, 2.05) is 0 Å². The van der Waals surface area contributed by atoms with E-state index in [4.69, 9.17) is 9.84 Å². The Balaban J connectivity index is 2.21. The first-order chi connectivity index (χ1) is 6.12. The number of aliphatic hydroxyl groups is 1. The number of hydrogen-bond acceptors (Lipinski definition) is 4. The van der Waals surface area contributed by atoms with Crippen molar-refractivity contribution in [2.45, 2.75) is 12.0 Å². The predicted molar refractivity (Wildman–Crippen MR) is 45.2 cm³/mol. The van der Waals surface area contributed by atoms with Crippen LogP contribution in [0.5, 0.6) is 0 Å². The van der Waals surface area contributed by atoms with Gasteiger partial charge in [0, 0.05) is 31.8 Å². The van der Waals surface area contributed by atoms with Crippen molar-refractivity contribution in [1.82, 2.24) is 5.32 Å². The van der Waals surface area contributed by atoms with E-state index in [1.54, 1.807) is 0 Å². The second-order valence-electron chi connectivity index (χ2n) is 3.08. The summed E-state index contributed by atoms with van der Waals surface area (Å²) in [7, 11) is 0. The highest BCUT2D eigenvalue weighted by molar-refractivity contribution is 5.79. The second kappa shape index (κ2) is 4.25. The summed E-state index contributed by atoms with van der Waals surface area (Å²) in [5, 5.41) is 20.7. The van der Waals surface area contributed by atoms with Gasteiger partial charge in [-0.1, -0.05) is 0 Å². The van der Waals surface area contributed by atoms with Gasteiger partial charge in [0.15, 0.2) is 0 Å². The smallest absolute Gasteiger partial charge is 0.329 e. The molecule has 1 aliphatic heterocycles. The Kier molecular flexibility index (Phi) is 3.27. The van der Waals surface area contributed by atoms with Gasteiger partial charge in [0.1, 0.15) is 5.60 Å². The summed E-state index contributed by atoms with van der Waals surface area (Å²) in [5.74, 6) is -1.01.